The predicted octanol–water partition coefficient (Wildman–Crippen LogP) is 4.39. The molecule has 0 radical (unpaired) electrons. The van der Waals surface area contributed by atoms with Crippen molar-refractivity contribution in [2.75, 3.05) is 7.11 Å². The highest BCUT2D eigenvalue weighted by Crippen LogP contribution is 2.31. The lowest BCUT2D eigenvalue weighted by atomic mass is 10.0. The summed E-state index contributed by atoms with van der Waals surface area (Å²) in [6, 6.07) is 13.1. The Balaban J connectivity index is 2.25. The van der Waals surface area contributed by atoms with Gasteiger partial charge in [-0.2, -0.15) is 0 Å². The number of rotatable bonds is 4. The van der Waals surface area contributed by atoms with E-state index in [2.05, 4.69) is 15.9 Å². The van der Waals surface area contributed by atoms with E-state index in [-0.39, 0.29) is 0 Å². The van der Waals surface area contributed by atoms with E-state index in [1.165, 1.54) is 0 Å². The number of aliphatic hydroxyl groups is 1. The van der Waals surface area contributed by atoms with Gasteiger partial charge in [0.1, 0.15) is 5.75 Å². The van der Waals surface area contributed by atoms with Crippen LogP contribution in [0, 0.1) is 0 Å². The van der Waals surface area contributed by atoms with Gasteiger partial charge in [-0.05, 0) is 23.8 Å². The number of methoxy groups -OCH3 is 1. The topological polar surface area (TPSA) is 29.5 Å². The van der Waals surface area contributed by atoms with Crippen molar-refractivity contribution in [1.29, 1.82) is 0 Å². The highest BCUT2D eigenvalue weighted by atomic mass is 79.9. The van der Waals surface area contributed by atoms with Crippen LogP contribution in [0.2, 0.25) is 5.02 Å². The number of ether oxygens (including phenoxy) is 1. The minimum Gasteiger partial charge on any atom is -0.496 e. The fourth-order valence-electron chi connectivity index (χ4n) is 1.94. The van der Waals surface area contributed by atoms with Gasteiger partial charge in [-0.3, -0.25) is 0 Å². The molecule has 100 valence electrons. The predicted molar refractivity (Wildman–Crippen MR) is 80.8 cm³/mol. The van der Waals surface area contributed by atoms with Gasteiger partial charge in [-0.1, -0.05) is 51.8 Å². The third-order valence-corrected chi connectivity index (χ3v) is 3.93. The van der Waals surface area contributed by atoms with Crippen molar-refractivity contribution in [2.45, 2.75) is 12.5 Å². The molecule has 0 aromatic heterocycles. The van der Waals surface area contributed by atoms with Gasteiger partial charge in [-0.25, -0.2) is 0 Å². The normalized spacial score (nSPS) is 12.2. The van der Waals surface area contributed by atoms with Crippen molar-refractivity contribution >= 4 is 27.5 Å². The molecule has 0 spiro atoms. The molecule has 0 fully saturated rings. The molecule has 1 atom stereocenters. The summed E-state index contributed by atoms with van der Waals surface area (Å²) < 4.78 is 6.25. The Hall–Kier alpha value is -1.03. The van der Waals surface area contributed by atoms with Crippen LogP contribution in [0.25, 0.3) is 0 Å². The van der Waals surface area contributed by atoms with Gasteiger partial charge >= 0.3 is 0 Å². The molecule has 1 unspecified atom stereocenters. The molecule has 0 bridgehead atoms. The third-order valence-electron chi connectivity index (χ3n) is 2.93. The molecule has 0 aliphatic heterocycles. The molecule has 0 amide bonds. The molecule has 1 N–H and O–H groups in total. The summed E-state index contributed by atoms with van der Waals surface area (Å²) in [5.74, 6) is 0.604. The lowest BCUT2D eigenvalue weighted by molar-refractivity contribution is 0.174. The minimum atomic E-state index is -0.633. The van der Waals surface area contributed by atoms with Gasteiger partial charge in [0.05, 0.1) is 13.2 Å². The first-order chi connectivity index (χ1) is 9.11. The number of halogens is 2. The second kappa shape index (κ2) is 6.42. The van der Waals surface area contributed by atoms with E-state index in [1.807, 2.05) is 24.3 Å². The van der Waals surface area contributed by atoms with Crippen molar-refractivity contribution in [3.05, 3.63) is 63.1 Å². The summed E-state index contributed by atoms with van der Waals surface area (Å²) in [7, 11) is 1.57. The highest BCUT2D eigenvalue weighted by molar-refractivity contribution is 9.10. The fraction of sp³-hybridized carbons (Fsp3) is 0.200. The maximum Gasteiger partial charge on any atom is 0.126 e. The molecule has 4 heteroatoms. The molecule has 0 aliphatic rings. The standard InChI is InChI=1S/C15H14BrClO2/c1-19-15-9-11(17)6-7-12(15)14(18)8-10-4-2-3-5-13(10)16/h2-7,9,14,18H,8H2,1H3. The summed E-state index contributed by atoms with van der Waals surface area (Å²) in [6.45, 7) is 0. The van der Waals surface area contributed by atoms with Gasteiger partial charge in [-0.15, -0.1) is 0 Å². The van der Waals surface area contributed by atoms with Crippen molar-refractivity contribution in [3.8, 4) is 5.75 Å². The third kappa shape index (κ3) is 3.50. The van der Waals surface area contributed by atoms with Gasteiger partial charge < -0.3 is 9.84 Å². The smallest absolute Gasteiger partial charge is 0.126 e. The maximum atomic E-state index is 10.4. The lowest BCUT2D eigenvalue weighted by Gasteiger charge is -2.16. The zero-order valence-corrected chi connectivity index (χ0v) is 12.8. The molecule has 0 heterocycles. The van der Waals surface area contributed by atoms with Crippen LogP contribution >= 0.6 is 27.5 Å². The van der Waals surface area contributed by atoms with Crippen molar-refractivity contribution in [3.63, 3.8) is 0 Å². The average molecular weight is 342 g/mol. The zero-order valence-electron chi connectivity index (χ0n) is 10.4. The molecule has 0 saturated carbocycles. The minimum absolute atomic E-state index is 0.513. The van der Waals surface area contributed by atoms with E-state index in [1.54, 1.807) is 25.3 Å². The molecule has 0 saturated heterocycles. The van der Waals surface area contributed by atoms with Gasteiger partial charge in [0.15, 0.2) is 0 Å². The first-order valence-electron chi connectivity index (χ1n) is 5.86. The highest BCUT2D eigenvalue weighted by Gasteiger charge is 2.15. The Labute approximate surface area is 126 Å². The van der Waals surface area contributed by atoms with E-state index >= 15 is 0 Å². The first-order valence-corrected chi connectivity index (χ1v) is 7.04. The van der Waals surface area contributed by atoms with Crippen LogP contribution in [-0.4, -0.2) is 12.2 Å². The van der Waals surface area contributed by atoms with Crippen molar-refractivity contribution in [2.24, 2.45) is 0 Å². The number of hydrogen-bond donors (Lipinski definition) is 1. The summed E-state index contributed by atoms with van der Waals surface area (Å²) in [5.41, 5.74) is 1.79. The van der Waals surface area contributed by atoms with Crippen LogP contribution < -0.4 is 4.74 Å². The van der Waals surface area contributed by atoms with Crippen LogP contribution in [0.1, 0.15) is 17.2 Å². The van der Waals surface area contributed by atoms with Gasteiger partial charge in [0.25, 0.3) is 0 Å². The van der Waals surface area contributed by atoms with E-state index in [0.29, 0.717) is 17.2 Å². The fourth-order valence-corrected chi connectivity index (χ4v) is 2.55. The van der Waals surface area contributed by atoms with E-state index in [9.17, 15) is 5.11 Å². The summed E-state index contributed by atoms with van der Waals surface area (Å²) >= 11 is 9.40. The van der Waals surface area contributed by atoms with E-state index < -0.39 is 6.10 Å². The van der Waals surface area contributed by atoms with Crippen LogP contribution in [0.5, 0.6) is 5.75 Å². The molecule has 2 aromatic rings. The number of aliphatic hydroxyl groups excluding tert-OH is 1. The second-order valence-corrected chi connectivity index (χ2v) is 5.49. The number of benzene rings is 2. The SMILES string of the molecule is COc1cc(Cl)ccc1C(O)Cc1ccccc1Br. The Morgan fingerprint density at radius 2 is 2.00 bits per heavy atom. The summed E-state index contributed by atoms with van der Waals surface area (Å²) in [5, 5.41) is 10.9. The molecule has 19 heavy (non-hydrogen) atoms. The lowest BCUT2D eigenvalue weighted by Crippen LogP contribution is -2.04. The molecule has 2 nitrogen and oxygen atoms in total. The Kier molecular flexibility index (Phi) is 4.86. The Morgan fingerprint density at radius 3 is 2.68 bits per heavy atom. The number of hydrogen-bond acceptors (Lipinski definition) is 2. The molecular weight excluding hydrogens is 328 g/mol. The molecule has 2 aromatic carbocycles. The maximum absolute atomic E-state index is 10.4. The van der Waals surface area contributed by atoms with Gasteiger partial charge in [0.2, 0.25) is 0 Å². The molecule has 0 aliphatic carbocycles. The summed E-state index contributed by atoms with van der Waals surface area (Å²) in [4.78, 5) is 0. The molecule has 2 rings (SSSR count). The van der Waals surface area contributed by atoms with E-state index in [4.69, 9.17) is 16.3 Å². The van der Waals surface area contributed by atoms with Gasteiger partial charge in [0, 0.05) is 21.5 Å². The first kappa shape index (κ1) is 14.4. The zero-order chi connectivity index (χ0) is 13.8. The average Bonchev–Trinajstić information content (AvgIpc) is 2.41. The summed E-state index contributed by atoms with van der Waals surface area (Å²) in [6.07, 6.45) is -0.120. The molecular formula is C15H14BrClO2. The van der Waals surface area contributed by atoms with Crippen LogP contribution in [0.4, 0.5) is 0 Å². The van der Waals surface area contributed by atoms with E-state index in [0.717, 1.165) is 15.6 Å². The Bertz CT molecular complexity index is 572. The monoisotopic (exact) mass is 340 g/mol. The largest absolute Gasteiger partial charge is 0.496 e. The Morgan fingerprint density at radius 1 is 1.26 bits per heavy atom. The van der Waals surface area contributed by atoms with Crippen LogP contribution in [0.3, 0.4) is 0 Å². The van der Waals surface area contributed by atoms with Crippen molar-refractivity contribution < 1.29 is 9.84 Å². The van der Waals surface area contributed by atoms with Crippen LogP contribution in [0.15, 0.2) is 46.9 Å². The second-order valence-electron chi connectivity index (χ2n) is 4.20. The van der Waals surface area contributed by atoms with Crippen molar-refractivity contribution in [1.82, 2.24) is 0 Å². The quantitative estimate of drug-likeness (QED) is 0.894. The van der Waals surface area contributed by atoms with Crippen LogP contribution in [-0.2, 0) is 6.42 Å².